The number of sulfonamides is 1. The summed E-state index contributed by atoms with van der Waals surface area (Å²) in [7, 11) is -3.95. The normalized spacial score (nSPS) is 16.1. The summed E-state index contributed by atoms with van der Waals surface area (Å²) in [6.07, 6.45) is -1.08. The molecule has 3 rings (SSSR count). The number of oxime groups is 1. The SMILES string of the molecule is N#Cc1ccc(CS(=O)(=O)NC(=O)[C@H]2CC(c3cccc(F)c3)=NO2)cc1. The van der Waals surface area contributed by atoms with Crippen LogP contribution in [0.25, 0.3) is 0 Å². The second-order valence-corrected chi connectivity index (χ2v) is 7.60. The zero-order valence-electron chi connectivity index (χ0n) is 13.9. The Bertz CT molecular complexity index is 1040. The number of halogens is 1. The van der Waals surface area contributed by atoms with E-state index in [1.54, 1.807) is 6.07 Å². The molecule has 0 saturated heterocycles. The Kier molecular flexibility index (Phi) is 5.19. The van der Waals surface area contributed by atoms with Gasteiger partial charge in [-0.3, -0.25) is 4.79 Å². The van der Waals surface area contributed by atoms with Crippen LogP contribution < -0.4 is 4.72 Å². The van der Waals surface area contributed by atoms with Crippen molar-refractivity contribution in [3.63, 3.8) is 0 Å². The fourth-order valence-electron chi connectivity index (χ4n) is 2.51. The van der Waals surface area contributed by atoms with Crippen LogP contribution in [-0.2, 0) is 25.4 Å². The maximum Gasteiger partial charge on any atom is 0.277 e. The molecule has 0 radical (unpaired) electrons. The molecule has 2 aromatic rings. The van der Waals surface area contributed by atoms with Crippen molar-refractivity contribution in [3.8, 4) is 6.07 Å². The Labute approximate surface area is 155 Å². The first-order valence-electron chi connectivity index (χ1n) is 7.88. The topological polar surface area (TPSA) is 109 Å². The fraction of sp³-hybridized carbons (Fsp3) is 0.167. The lowest BCUT2D eigenvalue weighted by atomic mass is 10.0. The summed E-state index contributed by atoms with van der Waals surface area (Å²) in [5, 5.41) is 12.5. The number of nitrogens with zero attached hydrogens (tertiary/aromatic N) is 2. The average molecular weight is 387 g/mol. The molecule has 1 heterocycles. The van der Waals surface area contributed by atoms with E-state index in [1.165, 1.54) is 42.5 Å². The quantitative estimate of drug-likeness (QED) is 0.842. The summed E-state index contributed by atoms with van der Waals surface area (Å²) in [6, 6.07) is 13.6. The lowest BCUT2D eigenvalue weighted by molar-refractivity contribution is -0.129. The largest absolute Gasteiger partial charge is 0.382 e. The van der Waals surface area contributed by atoms with E-state index >= 15 is 0 Å². The van der Waals surface area contributed by atoms with Gasteiger partial charge in [0, 0.05) is 12.0 Å². The number of rotatable bonds is 5. The predicted octanol–water partition coefficient (Wildman–Crippen LogP) is 1.84. The van der Waals surface area contributed by atoms with Crippen molar-refractivity contribution in [2.75, 3.05) is 0 Å². The van der Waals surface area contributed by atoms with E-state index < -0.39 is 33.6 Å². The third-order valence-electron chi connectivity index (χ3n) is 3.81. The highest BCUT2D eigenvalue weighted by Crippen LogP contribution is 2.18. The van der Waals surface area contributed by atoms with Gasteiger partial charge in [0.05, 0.1) is 23.1 Å². The van der Waals surface area contributed by atoms with Crippen LogP contribution in [0.4, 0.5) is 4.39 Å². The summed E-state index contributed by atoms with van der Waals surface area (Å²) in [4.78, 5) is 17.2. The zero-order chi connectivity index (χ0) is 19.4. The summed E-state index contributed by atoms with van der Waals surface area (Å²) < 4.78 is 39.6. The molecular formula is C18H14FN3O4S. The van der Waals surface area contributed by atoms with Crippen LogP contribution in [0.3, 0.4) is 0 Å². The third-order valence-corrected chi connectivity index (χ3v) is 5.04. The van der Waals surface area contributed by atoms with Gasteiger partial charge < -0.3 is 4.84 Å². The molecule has 0 bridgehead atoms. The standard InChI is InChI=1S/C18H14FN3O4S/c19-15-3-1-2-14(8-15)16-9-17(26-21-16)18(23)22-27(24,25)11-13-6-4-12(10-20)5-7-13/h1-8,17H,9,11H2,(H,22,23)/t17-/m1/s1. The first-order chi connectivity index (χ1) is 12.9. The summed E-state index contributed by atoms with van der Waals surface area (Å²) >= 11 is 0. The lowest BCUT2D eigenvalue weighted by Crippen LogP contribution is -2.39. The molecule has 7 nitrogen and oxygen atoms in total. The number of carbonyl (C=O) groups is 1. The maximum atomic E-state index is 13.3. The van der Waals surface area contributed by atoms with Gasteiger partial charge in [-0.1, -0.05) is 29.4 Å². The summed E-state index contributed by atoms with van der Waals surface area (Å²) in [5.41, 5.74) is 1.66. The number of amides is 1. The molecule has 27 heavy (non-hydrogen) atoms. The minimum absolute atomic E-state index is 0.0294. The molecule has 0 saturated carbocycles. The van der Waals surface area contributed by atoms with Crippen molar-refractivity contribution in [1.82, 2.24) is 4.72 Å². The van der Waals surface area contributed by atoms with E-state index in [-0.39, 0.29) is 6.42 Å². The van der Waals surface area contributed by atoms with Crippen LogP contribution in [0, 0.1) is 17.1 Å². The second-order valence-electron chi connectivity index (χ2n) is 5.88. The molecule has 1 atom stereocenters. The molecular weight excluding hydrogens is 373 g/mol. The number of hydrogen-bond donors (Lipinski definition) is 1. The van der Waals surface area contributed by atoms with Gasteiger partial charge in [0.25, 0.3) is 5.91 Å². The zero-order valence-corrected chi connectivity index (χ0v) is 14.7. The highest BCUT2D eigenvalue weighted by atomic mass is 32.2. The van der Waals surface area contributed by atoms with Crippen LogP contribution in [0.5, 0.6) is 0 Å². The summed E-state index contributed by atoms with van der Waals surface area (Å²) in [5.74, 6) is -1.72. The van der Waals surface area contributed by atoms with Crippen molar-refractivity contribution < 1.29 is 22.4 Å². The van der Waals surface area contributed by atoms with Crippen LogP contribution in [-0.4, -0.2) is 26.1 Å². The van der Waals surface area contributed by atoms with E-state index in [1.807, 2.05) is 10.8 Å². The number of hydrogen-bond acceptors (Lipinski definition) is 6. The fourth-order valence-corrected chi connectivity index (χ4v) is 3.65. The molecule has 9 heteroatoms. The monoisotopic (exact) mass is 387 g/mol. The second kappa shape index (κ2) is 7.55. The van der Waals surface area contributed by atoms with Crippen LogP contribution in [0.2, 0.25) is 0 Å². The van der Waals surface area contributed by atoms with E-state index in [0.717, 1.165) is 0 Å². The van der Waals surface area contributed by atoms with Crippen molar-refractivity contribution >= 4 is 21.6 Å². The number of nitriles is 1. The molecule has 1 aliphatic rings. The Morgan fingerprint density at radius 1 is 1.30 bits per heavy atom. The molecule has 2 aromatic carbocycles. The maximum absolute atomic E-state index is 13.3. The Morgan fingerprint density at radius 3 is 2.70 bits per heavy atom. The van der Waals surface area contributed by atoms with Gasteiger partial charge in [0.2, 0.25) is 16.1 Å². The van der Waals surface area contributed by atoms with E-state index in [2.05, 4.69) is 5.16 Å². The molecule has 0 spiro atoms. The Hall–Kier alpha value is -3.25. The minimum atomic E-state index is -3.95. The number of nitrogens with one attached hydrogen (secondary N) is 1. The molecule has 1 aliphatic heterocycles. The first kappa shape index (κ1) is 18.5. The lowest BCUT2D eigenvalue weighted by Gasteiger charge is -2.10. The van der Waals surface area contributed by atoms with Crippen molar-refractivity contribution in [2.45, 2.75) is 18.3 Å². The molecule has 0 aliphatic carbocycles. The summed E-state index contributed by atoms with van der Waals surface area (Å²) in [6.45, 7) is 0. The predicted molar refractivity (Wildman–Crippen MR) is 94.4 cm³/mol. The van der Waals surface area contributed by atoms with Crippen LogP contribution in [0.1, 0.15) is 23.1 Å². The van der Waals surface area contributed by atoms with Gasteiger partial charge >= 0.3 is 0 Å². The van der Waals surface area contributed by atoms with Gasteiger partial charge in [-0.15, -0.1) is 0 Å². The first-order valence-corrected chi connectivity index (χ1v) is 9.53. The molecule has 0 fully saturated rings. The van der Waals surface area contributed by atoms with E-state index in [4.69, 9.17) is 10.1 Å². The highest BCUT2D eigenvalue weighted by Gasteiger charge is 2.31. The highest BCUT2D eigenvalue weighted by molar-refractivity contribution is 7.89. The van der Waals surface area contributed by atoms with Gasteiger partial charge in [-0.05, 0) is 29.8 Å². The van der Waals surface area contributed by atoms with Crippen molar-refractivity contribution in [2.24, 2.45) is 5.16 Å². The van der Waals surface area contributed by atoms with Crippen LogP contribution >= 0.6 is 0 Å². The molecule has 0 unspecified atom stereocenters. The van der Waals surface area contributed by atoms with Gasteiger partial charge in [-0.25, -0.2) is 17.5 Å². The Morgan fingerprint density at radius 2 is 2.04 bits per heavy atom. The number of carbonyl (C=O) groups excluding carboxylic acids is 1. The minimum Gasteiger partial charge on any atom is -0.382 e. The van der Waals surface area contributed by atoms with E-state index in [9.17, 15) is 17.6 Å². The molecule has 138 valence electrons. The molecule has 1 amide bonds. The molecule has 1 N–H and O–H groups in total. The number of benzene rings is 2. The molecule has 0 aromatic heterocycles. The average Bonchev–Trinajstić information content (AvgIpc) is 3.12. The van der Waals surface area contributed by atoms with E-state index in [0.29, 0.717) is 22.4 Å². The van der Waals surface area contributed by atoms with Gasteiger partial charge in [0.1, 0.15) is 5.82 Å². The third kappa shape index (κ3) is 4.68. The smallest absolute Gasteiger partial charge is 0.277 e. The van der Waals surface area contributed by atoms with Crippen molar-refractivity contribution in [1.29, 1.82) is 5.26 Å². The van der Waals surface area contributed by atoms with Crippen molar-refractivity contribution in [3.05, 3.63) is 71.0 Å². The Balaban J connectivity index is 1.61. The van der Waals surface area contributed by atoms with Crippen LogP contribution in [0.15, 0.2) is 53.7 Å². The van der Waals surface area contributed by atoms with Gasteiger partial charge in [0.15, 0.2) is 0 Å². The van der Waals surface area contributed by atoms with Gasteiger partial charge in [-0.2, -0.15) is 5.26 Å².